The van der Waals surface area contributed by atoms with Gasteiger partial charge in [0.1, 0.15) is 6.04 Å². The van der Waals surface area contributed by atoms with Gasteiger partial charge in [0.2, 0.25) is 0 Å². The van der Waals surface area contributed by atoms with Gasteiger partial charge in [-0.05, 0) is 20.3 Å². The summed E-state index contributed by atoms with van der Waals surface area (Å²) in [6.07, 6.45) is 0.644. The van der Waals surface area contributed by atoms with E-state index in [0.717, 1.165) is 0 Å². The van der Waals surface area contributed by atoms with Gasteiger partial charge in [-0.3, -0.25) is 9.69 Å². The molecule has 0 aromatic rings. The van der Waals surface area contributed by atoms with Crippen LogP contribution in [0.4, 0.5) is 0 Å². The van der Waals surface area contributed by atoms with E-state index < -0.39 is 5.97 Å². The van der Waals surface area contributed by atoms with E-state index in [0.29, 0.717) is 26.1 Å². The molecule has 1 aliphatic heterocycles. The monoisotopic (exact) mass is 201 g/mol. The minimum absolute atomic E-state index is 0.221. The molecule has 14 heavy (non-hydrogen) atoms. The lowest BCUT2D eigenvalue weighted by Gasteiger charge is -2.40. The summed E-state index contributed by atoms with van der Waals surface area (Å²) >= 11 is 0. The van der Waals surface area contributed by atoms with Gasteiger partial charge in [0.15, 0.2) is 0 Å². The number of ether oxygens (including phenoxy) is 1. The van der Waals surface area contributed by atoms with Crippen molar-refractivity contribution in [2.75, 3.05) is 19.7 Å². The van der Waals surface area contributed by atoms with E-state index in [9.17, 15) is 4.79 Å². The number of carbonyl (C=O) groups is 1. The molecule has 82 valence electrons. The van der Waals surface area contributed by atoms with E-state index in [2.05, 4.69) is 0 Å². The van der Waals surface area contributed by atoms with Crippen molar-refractivity contribution in [1.82, 2.24) is 4.90 Å². The standard InChI is InChI=1S/C10H19NO3/c1-4-8(9(12)13)11-5-6-14-10(2,3)7-11/h8H,4-7H2,1-3H3,(H,12,13). The smallest absolute Gasteiger partial charge is 0.320 e. The Morgan fingerprint density at radius 2 is 2.29 bits per heavy atom. The molecular weight excluding hydrogens is 182 g/mol. The summed E-state index contributed by atoms with van der Waals surface area (Å²) in [5, 5.41) is 9.01. The molecule has 4 heteroatoms. The maximum absolute atomic E-state index is 11.0. The normalized spacial score (nSPS) is 24.5. The van der Waals surface area contributed by atoms with Gasteiger partial charge in [-0.15, -0.1) is 0 Å². The molecule has 0 amide bonds. The van der Waals surface area contributed by atoms with Gasteiger partial charge in [-0.25, -0.2) is 0 Å². The molecule has 1 aliphatic rings. The highest BCUT2D eigenvalue weighted by Crippen LogP contribution is 2.19. The van der Waals surface area contributed by atoms with Gasteiger partial charge in [0.25, 0.3) is 0 Å². The van der Waals surface area contributed by atoms with Crippen LogP contribution in [0, 0.1) is 0 Å². The summed E-state index contributed by atoms with van der Waals surface area (Å²) in [4.78, 5) is 13.0. The lowest BCUT2D eigenvalue weighted by atomic mass is 10.0. The Hall–Kier alpha value is -0.610. The number of hydrogen-bond donors (Lipinski definition) is 1. The zero-order valence-corrected chi connectivity index (χ0v) is 9.12. The van der Waals surface area contributed by atoms with Crippen molar-refractivity contribution in [1.29, 1.82) is 0 Å². The third kappa shape index (κ3) is 2.69. The number of carboxylic acids is 1. The van der Waals surface area contributed by atoms with Gasteiger partial charge in [-0.2, -0.15) is 0 Å². The number of aliphatic carboxylic acids is 1. The average Bonchev–Trinajstić information content (AvgIpc) is 2.02. The van der Waals surface area contributed by atoms with Crippen molar-refractivity contribution in [3.8, 4) is 0 Å². The van der Waals surface area contributed by atoms with Crippen LogP contribution in [0.1, 0.15) is 27.2 Å². The highest BCUT2D eigenvalue weighted by molar-refractivity contribution is 5.73. The van der Waals surface area contributed by atoms with Crippen LogP contribution in [0.25, 0.3) is 0 Å². The van der Waals surface area contributed by atoms with Crippen LogP contribution in [-0.4, -0.2) is 47.3 Å². The first-order valence-electron chi connectivity index (χ1n) is 5.07. The summed E-state index contributed by atoms with van der Waals surface area (Å²) in [5.74, 6) is -0.731. The molecule has 0 saturated carbocycles. The molecule has 1 unspecified atom stereocenters. The highest BCUT2D eigenvalue weighted by atomic mass is 16.5. The summed E-state index contributed by atoms with van der Waals surface area (Å²) in [7, 11) is 0. The third-order valence-corrected chi connectivity index (χ3v) is 2.57. The number of carboxylic acid groups (broad SMARTS) is 1. The molecule has 1 N–H and O–H groups in total. The third-order valence-electron chi connectivity index (χ3n) is 2.57. The average molecular weight is 201 g/mol. The van der Waals surface area contributed by atoms with E-state index in [-0.39, 0.29) is 11.6 Å². The summed E-state index contributed by atoms with van der Waals surface area (Å²) in [6.45, 7) is 7.92. The van der Waals surface area contributed by atoms with E-state index in [1.54, 1.807) is 0 Å². The van der Waals surface area contributed by atoms with Gasteiger partial charge in [0, 0.05) is 13.1 Å². The van der Waals surface area contributed by atoms with Crippen molar-refractivity contribution in [3.63, 3.8) is 0 Å². The van der Waals surface area contributed by atoms with E-state index in [1.165, 1.54) is 0 Å². The molecular formula is C10H19NO3. The SMILES string of the molecule is CCC(C(=O)O)N1CCOC(C)(C)C1. The quantitative estimate of drug-likeness (QED) is 0.739. The molecule has 0 spiro atoms. The minimum atomic E-state index is -0.731. The molecule has 1 fully saturated rings. The van der Waals surface area contributed by atoms with Gasteiger partial charge < -0.3 is 9.84 Å². The zero-order chi connectivity index (χ0) is 10.8. The first-order valence-corrected chi connectivity index (χ1v) is 5.07. The second-order valence-electron chi connectivity index (χ2n) is 4.34. The summed E-state index contributed by atoms with van der Waals surface area (Å²) in [6, 6.07) is -0.363. The van der Waals surface area contributed by atoms with Gasteiger partial charge >= 0.3 is 5.97 Å². The van der Waals surface area contributed by atoms with Crippen LogP contribution in [0.5, 0.6) is 0 Å². The molecule has 1 atom stereocenters. The van der Waals surface area contributed by atoms with Crippen LogP contribution in [0.15, 0.2) is 0 Å². The van der Waals surface area contributed by atoms with Crippen LogP contribution < -0.4 is 0 Å². The van der Waals surface area contributed by atoms with Crippen molar-refractivity contribution in [2.45, 2.75) is 38.8 Å². The molecule has 1 saturated heterocycles. The number of rotatable bonds is 3. The highest BCUT2D eigenvalue weighted by Gasteiger charge is 2.33. The van der Waals surface area contributed by atoms with Crippen LogP contribution in [-0.2, 0) is 9.53 Å². The number of morpholine rings is 1. The second-order valence-corrected chi connectivity index (χ2v) is 4.34. The number of hydrogen-bond acceptors (Lipinski definition) is 3. The van der Waals surface area contributed by atoms with Crippen molar-refractivity contribution >= 4 is 5.97 Å². The number of nitrogens with zero attached hydrogens (tertiary/aromatic N) is 1. The van der Waals surface area contributed by atoms with E-state index in [1.807, 2.05) is 25.7 Å². The molecule has 4 nitrogen and oxygen atoms in total. The Bertz CT molecular complexity index is 215. The first-order chi connectivity index (χ1) is 6.46. The molecule has 1 heterocycles. The zero-order valence-electron chi connectivity index (χ0n) is 9.12. The van der Waals surface area contributed by atoms with Crippen LogP contribution >= 0.6 is 0 Å². The maximum Gasteiger partial charge on any atom is 0.320 e. The summed E-state index contributed by atoms with van der Waals surface area (Å²) in [5.41, 5.74) is -0.221. The van der Waals surface area contributed by atoms with Crippen LogP contribution in [0.3, 0.4) is 0 Å². The van der Waals surface area contributed by atoms with Crippen molar-refractivity contribution < 1.29 is 14.6 Å². The fourth-order valence-corrected chi connectivity index (χ4v) is 1.91. The van der Waals surface area contributed by atoms with Gasteiger partial charge in [-0.1, -0.05) is 6.92 Å². The molecule has 0 aliphatic carbocycles. The molecule has 0 aromatic heterocycles. The van der Waals surface area contributed by atoms with E-state index in [4.69, 9.17) is 9.84 Å². The predicted octanol–water partition coefficient (Wildman–Crippen LogP) is 0.960. The Labute approximate surface area is 84.8 Å². The Balaban J connectivity index is 2.62. The van der Waals surface area contributed by atoms with Gasteiger partial charge in [0.05, 0.1) is 12.2 Å². The molecule has 0 radical (unpaired) electrons. The lowest BCUT2D eigenvalue weighted by molar-refractivity contribution is -0.150. The lowest BCUT2D eigenvalue weighted by Crippen LogP contribution is -2.54. The molecule has 1 rings (SSSR count). The predicted molar refractivity (Wildman–Crippen MR) is 53.3 cm³/mol. The second kappa shape index (κ2) is 4.28. The van der Waals surface area contributed by atoms with Crippen LogP contribution in [0.2, 0.25) is 0 Å². The Kier molecular flexibility index (Phi) is 3.50. The summed E-state index contributed by atoms with van der Waals surface area (Å²) < 4.78 is 5.54. The topological polar surface area (TPSA) is 49.8 Å². The first kappa shape index (κ1) is 11.5. The van der Waals surface area contributed by atoms with Crippen molar-refractivity contribution in [3.05, 3.63) is 0 Å². The Morgan fingerprint density at radius 1 is 1.64 bits per heavy atom. The minimum Gasteiger partial charge on any atom is -0.480 e. The maximum atomic E-state index is 11.0. The van der Waals surface area contributed by atoms with Crippen molar-refractivity contribution in [2.24, 2.45) is 0 Å². The van der Waals surface area contributed by atoms with E-state index >= 15 is 0 Å². The largest absolute Gasteiger partial charge is 0.480 e. The molecule has 0 aromatic carbocycles. The Morgan fingerprint density at radius 3 is 2.71 bits per heavy atom. The fraction of sp³-hybridized carbons (Fsp3) is 0.900. The molecule has 0 bridgehead atoms. The fourth-order valence-electron chi connectivity index (χ4n) is 1.91.